The number of carboxylic acid groups (broad SMARTS) is 1. The van der Waals surface area contributed by atoms with Crippen molar-refractivity contribution in [3.05, 3.63) is 29.8 Å². The fourth-order valence-electron chi connectivity index (χ4n) is 2.45. The van der Waals surface area contributed by atoms with Gasteiger partial charge in [-0.1, -0.05) is 12.1 Å². The Labute approximate surface area is 118 Å². The maximum atomic E-state index is 12.1. The van der Waals surface area contributed by atoms with Gasteiger partial charge in [-0.3, -0.25) is 9.59 Å². The summed E-state index contributed by atoms with van der Waals surface area (Å²) in [6, 6.07) is 7.40. The van der Waals surface area contributed by atoms with Gasteiger partial charge in [-0.25, -0.2) is 0 Å². The van der Waals surface area contributed by atoms with Crippen molar-refractivity contribution >= 4 is 17.6 Å². The second kappa shape index (κ2) is 6.52. The minimum atomic E-state index is -0.812. The lowest BCUT2D eigenvalue weighted by atomic mass is 10.1. The van der Waals surface area contributed by atoms with Gasteiger partial charge in [-0.15, -0.1) is 0 Å². The van der Waals surface area contributed by atoms with Crippen LogP contribution in [-0.2, 0) is 16.0 Å². The number of hydrogen-bond donors (Lipinski definition) is 2. The van der Waals surface area contributed by atoms with Crippen LogP contribution in [0.3, 0.4) is 0 Å². The number of likely N-dealkylation sites (tertiary alicyclic amines) is 1. The molecule has 1 aliphatic rings. The number of amides is 1. The first-order chi connectivity index (χ1) is 9.54. The predicted molar refractivity (Wildman–Crippen MR) is 76.6 cm³/mol. The molecule has 1 aliphatic heterocycles. The fraction of sp³-hybridized carbons (Fsp3) is 0.467. The van der Waals surface area contributed by atoms with Crippen molar-refractivity contribution in [2.45, 2.75) is 19.3 Å². The summed E-state index contributed by atoms with van der Waals surface area (Å²) < 4.78 is 0. The molecular weight excluding hydrogens is 256 g/mol. The van der Waals surface area contributed by atoms with E-state index in [9.17, 15) is 9.59 Å². The van der Waals surface area contributed by atoms with Gasteiger partial charge in [0.05, 0.1) is 5.92 Å². The zero-order valence-electron chi connectivity index (χ0n) is 11.6. The van der Waals surface area contributed by atoms with E-state index in [2.05, 4.69) is 10.2 Å². The standard InChI is InChI=1S/C15H20N2O3/c1-17-8-7-12(10-17)15(20)16-13-4-2-3-11(9-13)5-6-14(18)19/h2-4,9,12H,5-8,10H2,1H3,(H,16,20)(H,18,19). The maximum absolute atomic E-state index is 12.1. The average Bonchev–Trinajstić information content (AvgIpc) is 2.84. The van der Waals surface area contributed by atoms with E-state index in [0.29, 0.717) is 6.42 Å². The van der Waals surface area contributed by atoms with Gasteiger partial charge < -0.3 is 15.3 Å². The lowest BCUT2D eigenvalue weighted by Gasteiger charge is -2.12. The van der Waals surface area contributed by atoms with Crippen molar-refractivity contribution < 1.29 is 14.7 Å². The monoisotopic (exact) mass is 276 g/mol. The molecule has 1 heterocycles. The highest BCUT2D eigenvalue weighted by Crippen LogP contribution is 2.18. The van der Waals surface area contributed by atoms with Gasteiger partial charge in [0.15, 0.2) is 0 Å². The van der Waals surface area contributed by atoms with E-state index in [1.165, 1.54) is 0 Å². The summed E-state index contributed by atoms with van der Waals surface area (Å²) in [5.41, 5.74) is 1.67. The van der Waals surface area contributed by atoms with Crippen LogP contribution in [0.1, 0.15) is 18.4 Å². The molecule has 1 saturated heterocycles. The van der Waals surface area contributed by atoms with Gasteiger partial charge in [0.2, 0.25) is 5.91 Å². The quantitative estimate of drug-likeness (QED) is 0.857. The number of rotatable bonds is 5. The molecule has 0 saturated carbocycles. The normalized spacial score (nSPS) is 18.9. The molecule has 2 rings (SSSR count). The molecule has 1 aromatic rings. The van der Waals surface area contributed by atoms with E-state index in [0.717, 1.165) is 30.8 Å². The molecule has 0 aromatic heterocycles. The number of hydrogen-bond acceptors (Lipinski definition) is 3. The van der Waals surface area contributed by atoms with Crippen LogP contribution in [0.2, 0.25) is 0 Å². The molecule has 0 bridgehead atoms. The Balaban J connectivity index is 1.93. The van der Waals surface area contributed by atoms with Crippen molar-refractivity contribution in [3.63, 3.8) is 0 Å². The lowest BCUT2D eigenvalue weighted by molar-refractivity contribution is -0.137. The van der Waals surface area contributed by atoms with Crippen LogP contribution in [-0.4, -0.2) is 42.0 Å². The van der Waals surface area contributed by atoms with Crippen LogP contribution in [0.15, 0.2) is 24.3 Å². The molecule has 20 heavy (non-hydrogen) atoms. The summed E-state index contributed by atoms with van der Waals surface area (Å²) in [6.45, 7) is 1.75. The Hall–Kier alpha value is -1.88. The van der Waals surface area contributed by atoms with Crippen LogP contribution in [0.4, 0.5) is 5.69 Å². The number of aliphatic carboxylic acids is 1. The molecule has 1 amide bonds. The SMILES string of the molecule is CN1CCC(C(=O)Nc2cccc(CCC(=O)O)c2)C1. The summed E-state index contributed by atoms with van der Waals surface area (Å²) >= 11 is 0. The topological polar surface area (TPSA) is 69.6 Å². The molecular formula is C15H20N2O3. The van der Waals surface area contributed by atoms with Crippen LogP contribution in [0, 0.1) is 5.92 Å². The van der Waals surface area contributed by atoms with Crippen molar-refractivity contribution in [1.29, 1.82) is 0 Å². The van der Waals surface area contributed by atoms with Crippen molar-refractivity contribution in [1.82, 2.24) is 4.90 Å². The highest BCUT2D eigenvalue weighted by Gasteiger charge is 2.25. The summed E-state index contributed by atoms with van der Waals surface area (Å²) in [4.78, 5) is 24.8. The Morgan fingerprint density at radius 2 is 2.25 bits per heavy atom. The van der Waals surface area contributed by atoms with E-state index >= 15 is 0 Å². The lowest BCUT2D eigenvalue weighted by Crippen LogP contribution is -2.25. The Bertz CT molecular complexity index is 502. The summed E-state index contributed by atoms with van der Waals surface area (Å²) in [5, 5.41) is 11.6. The number of anilines is 1. The second-order valence-electron chi connectivity index (χ2n) is 5.33. The average molecular weight is 276 g/mol. The van der Waals surface area contributed by atoms with E-state index in [4.69, 9.17) is 5.11 Å². The van der Waals surface area contributed by atoms with Gasteiger partial charge in [0, 0.05) is 18.7 Å². The molecule has 108 valence electrons. The first kappa shape index (κ1) is 14.5. The smallest absolute Gasteiger partial charge is 0.303 e. The van der Waals surface area contributed by atoms with Gasteiger partial charge in [0.25, 0.3) is 0 Å². The van der Waals surface area contributed by atoms with Crippen molar-refractivity contribution in [2.75, 3.05) is 25.5 Å². The van der Waals surface area contributed by atoms with Crippen molar-refractivity contribution in [2.24, 2.45) is 5.92 Å². The van der Waals surface area contributed by atoms with Crippen LogP contribution >= 0.6 is 0 Å². The molecule has 0 aliphatic carbocycles. The third-order valence-electron chi connectivity index (χ3n) is 3.58. The van der Waals surface area contributed by atoms with Crippen LogP contribution in [0.5, 0.6) is 0 Å². The van der Waals surface area contributed by atoms with Crippen LogP contribution in [0.25, 0.3) is 0 Å². The van der Waals surface area contributed by atoms with Crippen molar-refractivity contribution in [3.8, 4) is 0 Å². The summed E-state index contributed by atoms with van der Waals surface area (Å²) in [7, 11) is 2.01. The zero-order chi connectivity index (χ0) is 14.5. The van der Waals surface area contributed by atoms with Crippen LogP contribution < -0.4 is 5.32 Å². The molecule has 1 unspecified atom stereocenters. The second-order valence-corrected chi connectivity index (χ2v) is 5.33. The molecule has 5 heteroatoms. The Kier molecular flexibility index (Phi) is 4.74. The number of nitrogens with one attached hydrogen (secondary N) is 1. The number of carbonyl (C=O) groups is 2. The Morgan fingerprint density at radius 1 is 1.45 bits per heavy atom. The number of aryl methyl sites for hydroxylation is 1. The van der Waals surface area contributed by atoms with E-state index in [-0.39, 0.29) is 18.2 Å². The largest absolute Gasteiger partial charge is 0.481 e. The number of carboxylic acids is 1. The number of benzene rings is 1. The van der Waals surface area contributed by atoms with E-state index in [1.807, 2.05) is 31.3 Å². The first-order valence-electron chi connectivity index (χ1n) is 6.85. The molecule has 2 N–H and O–H groups in total. The van der Waals surface area contributed by atoms with Gasteiger partial charge in [-0.05, 0) is 44.1 Å². The maximum Gasteiger partial charge on any atom is 0.303 e. The third kappa shape index (κ3) is 4.06. The van der Waals surface area contributed by atoms with Gasteiger partial charge in [0.1, 0.15) is 0 Å². The van der Waals surface area contributed by atoms with E-state index in [1.54, 1.807) is 0 Å². The molecule has 1 aromatic carbocycles. The van der Waals surface area contributed by atoms with Gasteiger partial charge >= 0.3 is 5.97 Å². The minimum Gasteiger partial charge on any atom is -0.481 e. The summed E-state index contributed by atoms with van der Waals surface area (Å²) in [6.07, 6.45) is 1.47. The fourth-order valence-corrected chi connectivity index (χ4v) is 2.45. The van der Waals surface area contributed by atoms with Gasteiger partial charge in [-0.2, -0.15) is 0 Å². The molecule has 0 radical (unpaired) electrons. The van der Waals surface area contributed by atoms with E-state index < -0.39 is 5.97 Å². The predicted octanol–water partition coefficient (Wildman–Crippen LogP) is 1.59. The highest BCUT2D eigenvalue weighted by molar-refractivity contribution is 5.93. The summed E-state index contributed by atoms with van der Waals surface area (Å²) in [5.74, 6) is -0.721. The highest BCUT2D eigenvalue weighted by atomic mass is 16.4. The molecule has 1 atom stereocenters. The first-order valence-corrected chi connectivity index (χ1v) is 6.85. The number of carbonyl (C=O) groups excluding carboxylic acids is 1. The zero-order valence-corrected chi connectivity index (χ0v) is 11.6. The Morgan fingerprint density at radius 3 is 2.90 bits per heavy atom. The molecule has 0 spiro atoms. The number of nitrogens with zero attached hydrogens (tertiary/aromatic N) is 1. The third-order valence-corrected chi connectivity index (χ3v) is 3.58. The molecule has 5 nitrogen and oxygen atoms in total. The minimum absolute atomic E-state index is 0.0441. The molecule has 1 fully saturated rings.